The summed E-state index contributed by atoms with van der Waals surface area (Å²) in [6.07, 6.45) is 2.49. The first-order valence-electron chi connectivity index (χ1n) is 12.1. The summed E-state index contributed by atoms with van der Waals surface area (Å²) in [6.45, 7) is 5.02. The number of ether oxygens (including phenoxy) is 1. The van der Waals surface area contributed by atoms with E-state index in [-0.39, 0.29) is 23.9 Å². The van der Waals surface area contributed by atoms with E-state index in [1.165, 1.54) is 0 Å². The van der Waals surface area contributed by atoms with Gasteiger partial charge in [-0.2, -0.15) is 0 Å². The van der Waals surface area contributed by atoms with Gasteiger partial charge in [0.2, 0.25) is 0 Å². The van der Waals surface area contributed by atoms with Crippen LogP contribution >= 0.6 is 0 Å². The number of aromatic nitrogens is 3. The molecule has 9 nitrogen and oxygen atoms in total. The summed E-state index contributed by atoms with van der Waals surface area (Å²) in [6, 6.07) is 12.9. The molecule has 1 unspecified atom stereocenters. The molecule has 1 aliphatic carbocycles. The molecule has 1 amide bonds. The lowest BCUT2D eigenvalue weighted by atomic mass is 9.92. The topological polar surface area (TPSA) is 120 Å². The van der Waals surface area contributed by atoms with E-state index in [1.807, 2.05) is 50.4 Å². The van der Waals surface area contributed by atoms with E-state index in [0.717, 1.165) is 22.4 Å². The summed E-state index contributed by atoms with van der Waals surface area (Å²) in [5, 5.41) is 8.30. The number of ketones is 2. The first kappa shape index (κ1) is 23.9. The van der Waals surface area contributed by atoms with Crippen LogP contribution in [-0.2, 0) is 34.8 Å². The highest BCUT2D eigenvalue weighted by Crippen LogP contribution is 2.34. The number of nitrogens with zero attached hydrogens (tertiary/aromatic N) is 4. The minimum atomic E-state index is -0.542. The van der Waals surface area contributed by atoms with Gasteiger partial charge in [-0.15, -0.1) is 5.10 Å². The molecule has 36 heavy (non-hydrogen) atoms. The van der Waals surface area contributed by atoms with Crippen LogP contribution in [0.25, 0.3) is 0 Å². The van der Waals surface area contributed by atoms with E-state index < -0.39 is 11.6 Å². The molecule has 1 fully saturated rings. The van der Waals surface area contributed by atoms with Crippen LogP contribution in [0.4, 0.5) is 0 Å². The molecule has 1 aromatic heterocycles. The largest absolute Gasteiger partial charge is 0.489 e. The number of Topliss-reactive ketones (excluding diaryl/α,β-unsaturated/α-hetero) is 2. The summed E-state index contributed by atoms with van der Waals surface area (Å²) in [5.74, 6) is 0.220. The molecule has 9 heteroatoms. The third kappa shape index (κ3) is 4.79. The zero-order chi connectivity index (χ0) is 25.4. The lowest BCUT2D eigenvalue weighted by Crippen LogP contribution is -2.44. The Balaban J connectivity index is 1.23. The fourth-order valence-corrected chi connectivity index (χ4v) is 4.66. The number of carbonyl (C=O) groups is 3. The Bertz CT molecular complexity index is 1320. The van der Waals surface area contributed by atoms with Gasteiger partial charge in [0.15, 0.2) is 5.78 Å². The number of amides is 1. The maximum atomic E-state index is 13.0. The summed E-state index contributed by atoms with van der Waals surface area (Å²) >= 11 is 0. The Morgan fingerprint density at radius 2 is 1.83 bits per heavy atom. The predicted molar refractivity (Wildman–Crippen MR) is 131 cm³/mol. The Morgan fingerprint density at radius 1 is 1.08 bits per heavy atom. The first-order valence-corrected chi connectivity index (χ1v) is 12.1. The Hall–Kier alpha value is -3.85. The van der Waals surface area contributed by atoms with Crippen LogP contribution in [0.5, 0.6) is 5.75 Å². The van der Waals surface area contributed by atoms with Crippen molar-refractivity contribution in [2.75, 3.05) is 0 Å². The van der Waals surface area contributed by atoms with Gasteiger partial charge in [0.1, 0.15) is 23.8 Å². The maximum absolute atomic E-state index is 13.0. The standard InChI is InChI=1S/C27H29N5O4/c1-27(2,28)25-15-31(30-29-25)13-17-6-8-18(9-7-17)16-36-24-5-3-4-20-21(24)14-32(26(20)35)22-11-10-19(33)12-23(22)34/h3-9,15,22H,10-14,16,28H2,1-2H3. The van der Waals surface area contributed by atoms with Crippen LogP contribution in [0.1, 0.15) is 65.9 Å². The number of carbonyl (C=O) groups excluding carboxylic acids is 3. The Labute approximate surface area is 209 Å². The molecule has 1 aliphatic heterocycles. The van der Waals surface area contributed by atoms with Gasteiger partial charge < -0.3 is 15.4 Å². The molecule has 0 saturated heterocycles. The average Bonchev–Trinajstić information content (AvgIpc) is 3.44. The van der Waals surface area contributed by atoms with Crippen LogP contribution in [0, 0.1) is 0 Å². The van der Waals surface area contributed by atoms with Crippen LogP contribution in [-0.4, -0.2) is 43.4 Å². The van der Waals surface area contributed by atoms with E-state index in [4.69, 9.17) is 10.5 Å². The zero-order valence-electron chi connectivity index (χ0n) is 20.4. The second-order valence-corrected chi connectivity index (χ2v) is 10.1. The highest BCUT2D eigenvalue weighted by Gasteiger charge is 2.40. The molecule has 1 atom stereocenters. The van der Waals surface area contributed by atoms with Crippen LogP contribution in [0.2, 0.25) is 0 Å². The fraction of sp³-hybridized carbons (Fsp3) is 0.370. The van der Waals surface area contributed by atoms with Crippen molar-refractivity contribution in [1.29, 1.82) is 0 Å². The number of nitrogens with two attached hydrogens (primary N) is 1. The lowest BCUT2D eigenvalue weighted by molar-refractivity contribution is -0.133. The first-order chi connectivity index (χ1) is 17.2. The van der Waals surface area contributed by atoms with Crippen molar-refractivity contribution in [3.8, 4) is 5.75 Å². The van der Waals surface area contributed by atoms with Crippen LogP contribution in [0.3, 0.4) is 0 Å². The molecule has 2 N–H and O–H groups in total. The number of hydrogen-bond donors (Lipinski definition) is 1. The van der Waals surface area contributed by atoms with E-state index in [0.29, 0.717) is 43.9 Å². The van der Waals surface area contributed by atoms with Crippen molar-refractivity contribution < 1.29 is 19.1 Å². The lowest BCUT2D eigenvalue weighted by Gasteiger charge is -2.29. The van der Waals surface area contributed by atoms with Crippen LogP contribution < -0.4 is 10.5 Å². The van der Waals surface area contributed by atoms with Crippen molar-refractivity contribution >= 4 is 17.5 Å². The minimum Gasteiger partial charge on any atom is -0.489 e. The van der Waals surface area contributed by atoms with E-state index in [1.54, 1.807) is 21.7 Å². The third-order valence-electron chi connectivity index (χ3n) is 6.73. The molecule has 2 heterocycles. The van der Waals surface area contributed by atoms with Gasteiger partial charge >= 0.3 is 0 Å². The third-order valence-corrected chi connectivity index (χ3v) is 6.73. The average molecular weight is 488 g/mol. The second kappa shape index (κ2) is 9.31. The van der Waals surface area contributed by atoms with Crippen molar-refractivity contribution in [2.45, 2.75) is 64.4 Å². The van der Waals surface area contributed by atoms with Crippen LogP contribution in [0.15, 0.2) is 48.7 Å². The predicted octanol–water partition coefficient (Wildman–Crippen LogP) is 2.75. The number of benzene rings is 2. The smallest absolute Gasteiger partial charge is 0.255 e. The fourth-order valence-electron chi connectivity index (χ4n) is 4.66. The molecule has 5 rings (SSSR count). The van der Waals surface area contributed by atoms with Crippen molar-refractivity contribution in [3.63, 3.8) is 0 Å². The molecule has 186 valence electrons. The summed E-state index contributed by atoms with van der Waals surface area (Å²) < 4.78 is 7.86. The van der Waals surface area contributed by atoms with E-state index in [9.17, 15) is 14.4 Å². The van der Waals surface area contributed by atoms with Crippen molar-refractivity contribution in [2.24, 2.45) is 5.73 Å². The quantitative estimate of drug-likeness (QED) is 0.509. The minimum absolute atomic E-state index is 0.0546. The zero-order valence-corrected chi connectivity index (χ0v) is 20.4. The summed E-state index contributed by atoms with van der Waals surface area (Å²) in [5.41, 5.74) is 9.68. The van der Waals surface area contributed by atoms with E-state index in [2.05, 4.69) is 10.3 Å². The second-order valence-electron chi connectivity index (χ2n) is 10.1. The SMILES string of the molecule is CC(C)(N)c1cn(Cc2ccc(COc3cccc4c3CN(C3CCC(=O)CC3=O)C4=O)cc2)nn1. The van der Waals surface area contributed by atoms with Gasteiger partial charge in [0.25, 0.3) is 5.91 Å². The van der Waals surface area contributed by atoms with E-state index >= 15 is 0 Å². The van der Waals surface area contributed by atoms with Crippen molar-refractivity contribution in [3.05, 3.63) is 76.6 Å². The molecule has 2 aliphatic rings. The summed E-state index contributed by atoms with van der Waals surface area (Å²) in [4.78, 5) is 38.6. The number of hydrogen-bond acceptors (Lipinski definition) is 7. The van der Waals surface area contributed by atoms with Gasteiger partial charge in [-0.3, -0.25) is 14.4 Å². The summed E-state index contributed by atoms with van der Waals surface area (Å²) in [7, 11) is 0. The normalized spacial score (nSPS) is 18.0. The molecule has 1 saturated carbocycles. The molecule has 2 aromatic carbocycles. The van der Waals surface area contributed by atoms with Gasteiger partial charge in [-0.05, 0) is 43.5 Å². The van der Waals surface area contributed by atoms with Gasteiger partial charge in [-0.1, -0.05) is 35.5 Å². The Morgan fingerprint density at radius 3 is 2.53 bits per heavy atom. The highest BCUT2D eigenvalue weighted by molar-refractivity contribution is 6.07. The van der Waals surface area contributed by atoms with Gasteiger partial charge in [0, 0.05) is 17.5 Å². The molecule has 0 spiro atoms. The number of fused-ring (bicyclic) bond motifs is 1. The van der Waals surface area contributed by atoms with Gasteiger partial charge in [-0.25, -0.2) is 4.68 Å². The molecule has 0 bridgehead atoms. The monoisotopic (exact) mass is 487 g/mol. The Kier molecular flexibility index (Phi) is 6.17. The maximum Gasteiger partial charge on any atom is 0.255 e. The molecule has 3 aromatic rings. The molecular weight excluding hydrogens is 458 g/mol. The number of rotatable bonds is 7. The van der Waals surface area contributed by atoms with Crippen molar-refractivity contribution in [1.82, 2.24) is 19.9 Å². The molecular formula is C27H29N5O4. The van der Waals surface area contributed by atoms with Gasteiger partial charge in [0.05, 0.1) is 37.3 Å². The molecule has 0 radical (unpaired) electrons. The highest BCUT2D eigenvalue weighted by atomic mass is 16.5.